The van der Waals surface area contributed by atoms with Crippen molar-refractivity contribution in [3.05, 3.63) is 29.6 Å². The van der Waals surface area contributed by atoms with Gasteiger partial charge in [-0.2, -0.15) is 4.31 Å². The van der Waals surface area contributed by atoms with E-state index in [2.05, 4.69) is 4.90 Å². The van der Waals surface area contributed by atoms with Crippen LogP contribution >= 0.6 is 0 Å². The molecule has 138 valence electrons. The molecular weight excluding hydrogens is 345 g/mol. The first kappa shape index (κ1) is 18.3. The second kappa shape index (κ2) is 7.01. The minimum Gasteiger partial charge on any atom is -0.368 e. The molecule has 0 aromatic heterocycles. The summed E-state index contributed by atoms with van der Waals surface area (Å²) in [4.78, 5) is 13.8. The molecule has 1 unspecified atom stereocenters. The molecule has 2 aliphatic rings. The Labute approximate surface area is 147 Å². The lowest BCUT2D eigenvalue weighted by molar-refractivity contribution is -0.123. The van der Waals surface area contributed by atoms with Gasteiger partial charge in [-0.15, -0.1) is 0 Å². The normalized spacial score (nSPS) is 23.8. The summed E-state index contributed by atoms with van der Waals surface area (Å²) in [6, 6.07) is 3.83. The molecule has 2 aliphatic heterocycles. The summed E-state index contributed by atoms with van der Waals surface area (Å²) < 4.78 is 40.4. The molecule has 2 saturated heterocycles. The van der Waals surface area contributed by atoms with E-state index in [0.29, 0.717) is 31.5 Å². The van der Waals surface area contributed by atoms with Gasteiger partial charge in [0, 0.05) is 19.1 Å². The van der Waals surface area contributed by atoms with Crippen molar-refractivity contribution >= 4 is 15.9 Å². The zero-order chi connectivity index (χ0) is 18.2. The monoisotopic (exact) mass is 369 g/mol. The van der Waals surface area contributed by atoms with Gasteiger partial charge in [-0.3, -0.25) is 9.69 Å². The molecule has 3 rings (SSSR count). The number of nitrogens with zero attached hydrogens (tertiary/aromatic N) is 2. The lowest BCUT2D eigenvalue weighted by Gasteiger charge is -2.38. The van der Waals surface area contributed by atoms with Crippen molar-refractivity contribution in [2.45, 2.75) is 49.6 Å². The number of likely N-dealkylation sites (tertiary alicyclic amines) is 1. The van der Waals surface area contributed by atoms with Crippen molar-refractivity contribution in [1.82, 2.24) is 9.21 Å². The number of sulfonamides is 1. The Kier molecular flexibility index (Phi) is 5.13. The highest BCUT2D eigenvalue weighted by molar-refractivity contribution is 7.89. The smallest absolute Gasteiger partial charge is 0.243 e. The first-order chi connectivity index (χ1) is 11.8. The summed E-state index contributed by atoms with van der Waals surface area (Å²) in [5, 5.41) is 0. The Bertz CT molecular complexity index is 760. The quantitative estimate of drug-likeness (QED) is 0.865. The van der Waals surface area contributed by atoms with Crippen molar-refractivity contribution in [1.29, 1.82) is 0 Å². The summed E-state index contributed by atoms with van der Waals surface area (Å²) in [5.41, 5.74) is 5.79. The molecule has 6 nitrogen and oxygen atoms in total. The number of hydrogen-bond acceptors (Lipinski definition) is 4. The van der Waals surface area contributed by atoms with Crippen LogP contribution in [0.1, 0.15) is 31.2 Å². The first-order valence-electron chi connectivity index (χ1n) is 8.62. The number of primary amides is 1. The van der Waals surface area contributed by atoms with Crippen LogP contribution in [0, 0.1) is 12.7 Å². The molecule has 8 heteroatoms. The van der Waals surface area contributed by atoms with E-state index >= 15 is 0 Å². The van der Waals surface area contributed by atoms with E-state index < -0.39 is 15.8 Å². The van der Waals surface area contributed by atoms with Crippen LogP contribution in [0.15, 0.2) is 23.1 Å². The van der Waals surface area contributed by atoms with Crippen LogP contribution < -0.4 is 5.73 Å². The molecule has 1 amide bonds. The topological polar surface area (TPSA) is 83.7 Å². The molecule has 0 saturated carbocycles. The van der Waals surface area contributed by atoms with Crippen LogP contribution in [0.5, 0.6) is 0 Å². The Balaban J connectivity index is 1.69. The predicted octanol–water partition coefficient (Wildman–Crippen LogP) is 1.24. The van der Waals surface area contributed by atoms with Gasteiger partial charge >= 0.3 is 0 Å². The van der Waals surface area contributed by atoms with Gasteiger partial charge < -0.3 is 5.73 Å². The summed E-state index contributed by atoms with van der Waals surface area (Å²) in [6.07, 6.45) is 3.07. The molecule has 2 N–H and O–H groups in total. The maximum Gasteiger partial charge on any atom is 0.243 e. The van der Waals surface area contributed by atoms with E-state index in [-0.39, 0.29) is 22.9 Å². The number of carbonyl (C=O) groups is 1. The van der Waals surface area contributed by atoms with Crippen molar-refractivity contribution in [2.24, 2.45) is 5.73 Å². The maximum atomic E-state index is 13.4. The van der Waals surface area contributed by atoms with Crippen LogP contribution in [0.4, 0.5) is 4.39 Å². The number of amides is 1. The number of nitrogens with two attached hydrogens (primary N) is 1. The number of carbonyl (C=O) groups excluding carboxylic acids is 1. The fourth-order valence-corrected chi connectivity index (χ4v) is 5.43. The number of rotatable bonds is 4. The van der Waals surface area contributed by atoms with Gasteiger partial charge in [0.05, 0.1) is 10.9 Å². The number of hydrogen-bond donors (Lipinski definition) is 1. The summed E-state index contributed by atoms with van der Waals surface area (Å²) in [6.45, 7) is 3.18. The second-order valence-electron chi connectivity index (χ2n) is 6.84. The summed E-state index contributed by atoms with van der Waals surface area (Å²) in [7, 11) is -3.62. The second-order valence-corrected chi connectivity index (χ2v) is 8.78. The van der Waals surface area contributed by atoms with Gasteiger partial charge in [0.1, 0.15) is 5.82 Å². The highest BCUT2D eigenvalue weighted by Crippen LogP contribution is 2.28. The molecule has 1 aromatic carbocycles. The molecule has 0 aliphatic carbocycles. The van der Waals surface area contributed by atoms with E-state index in [4.69, 9.17) is 5.73 Å². The highest BCUT2D eigenvalue weighted by atomic mass is 32.2. The lowest BCUT2D eigenvalue weighted by atomic mass is 10.0. The molecule has 0 spiro atoms. The van der Waals surface area contributed by atoms with E-state index in [0.717, 1.165) is 19.4 Å². The SMILES string of the molecule is Cc1cc(S(=O)(=O)N2CCC(N3CCCC3C(N)=O)CC2)ccc1F. The van der Waals surface area contributed by atoms with Crippen molar-refractivity contribution in [3.8, 4) is 0 Å². The number of benzene rings is 1. The van der Waals surface area contributed by atoms with Gasteiger partial charge in [-0.05, 0) is 62.9 Å². The van der Waals surface area contributed by atoms with Crippen LogP contribution in [0.25, 0.3) is 0 Å². The van der Waals surface area contributed by atoms with Crippen LogP contribution in [-0.2, 0) is 14.8 Å². The largest absolute Gasteiger partial charge is 0.368 e. The average Bonchev–Trinajstić information content (AvgIpc) is 3.07. The van der Waals surface area contributed by atoms with Gasteiger partial charge in [0.15, 0.2) is 0 Å². The first-order valence-corrected chi connectivity index (χ1v) is 10.1. The van der Waals surface area contributed by atoms with Crippen LogP contribution in [-0.4, -0.2) is 55.2 Å². The molecule has 25 heavy (non-hydrogen) atoms. The zero-order valence-electron chi connectivity index (χ0n) is 14.3. The standard InChI is InChI=1S/C17H24FN3O3S/c1-12-11-14(4-5-15(12)18)25(23,24)20-9-6-13(7-10-20)21-8-2-3-16(21)17(19)22/h4-5,11,13,16H,2-3,6-10H2,1H3,(H2,19,22). The zero-order valence-corrected chi connectivity index (χ0v) is 15.1. The molecule has 0 bridgehead atoms. The Hall–Kier alpha value is -1.51. The fourth-order valence-electron chi connectivity index (χ4n) is 3.87. The minimum absolute atomic E-state index is 0.126. The third kappa shape index (κ3) is 3.56. The third-order valence-corrected chi connectivity index (χ3v) is 7.18. The van der Waals surface area contributed by atoms with Gasteiger partial charge in [0.25, 0.3) is 0 Å². The van der Waals surface area contributed by atoms with E-state index in [1.807, 2.05) is 0 Å². The highest BCUT2D eigenvalue weighted by Gasteiger charge is 2.37. The van der Waals surface area contributed by atoms with E-state index in [9.17, 15) is 17.6 Å². The Morgan fingerprint density at radius 3 is 2.48 bits per heavy atom. The van der Waals surface area contributed by atoms with Crippen molar-refractivity contribution in [2.75, 3.05) is 19.6 Å². The fraction of sp³-hybridized carbons (Fsp3) is 0.588. The summed E-state index contributed by atoms with van der Waals surface area (Å²) >= 11 is 0. The van der Waals surface area contributed by atoms with Crippen LogP contribution in [0.3, 0.4) is 0 Å². The molecule has 0 radical (unpaired) electrons. The van der Waals surface area contributed by atoms with E-state index in [1.54, 1.807) is 6.92 Å². The molecular formula is C17H24FN3O3S. The van der Waals surface area contributed by atoms with Crippen molar-refractivity contribution in [3.63, 3.8) is 0 Å². The van der Waals surface area contributed by atoms with Gasteiger partial charge in [-0.1, -0.05) is 0 Å². The molecule has 1 aromatic rings. The Morgan fingerprint density at radius 2 is 1.88 bits per heavy atom. The lowest BCUT2D eigenvalue weighted by Crippen LogP contribution is -2.51. The number of aryl methyl sites for hydroxylation is 1. The molecule has 2 fully saturated rings. The number of piperidine rings is 1. The van der Waals surface area contributed by atoms with Gasteiger partial charge in [-0.25, -0.2) is 12.8 Å². The number of halogens is 1. The maximum absolute atomic E-state index is 13.4. The van der Waals surface area contributed by atoms with Crippen LogP contribution in [0.2, 0.25) is 0 Å². The molecule has 2 heterocycles. The predicted molar refractivity (Wildman–Crippen MR) is 91.8 cm³/mol. The summed E-state index contributed by atoms with van der Waals surface area (Å²) in [5.74, 6) is -0.710. The third-order valence-electron chi connectivity index (χ3n) is 5.28. The molecule has 1 atom stereocenters. The van der Waals surface area contributed by atoms with Crippen molar-refractivity contribution < 1.29 is 17.6 Å². The van der Waals surface area contributed by atoms with Gasteiger partial charge in [0.2, 0.25) is 15.9 Å². The Morgan fingerprint density at radius 1 is 1.20 bits per heavy atom. The minimum atomic E-state index is -3.62. The average molecular weight is 369 g/mol. The van der Waals surface area contributed by atoms with E-state index in [1.165, 1.54) is 22.5 Å².